The van der Waals surface area contributed by atoms with E-state index in [0.717, 1.165) is 23.0 Å². The van der Waals surface area contributed by atoms with Crippen molar-refractivity contribution in [1.29, 1.82) is 0 Å². The van der Waals surface area contributed by atoms with E-state index in [9.17, 15) is 4.39 Å². The second-order valence-corrected chi connectivity index (χ2v) is 6.61. The minimum Gasteiger partial charge on any atom is -0.314 e. The summed E-state index contributed by atoms with van der Waals surface area (Å²) in [6.45, 7) is 5.59. The number of hydrogen-bond acceptors (Lipinski definition) is 1. The van der Waals surface area contributed by atoms with E-state index in [1.54, 1.807) is 6.07 Å². The normalized spacial score (nSPS) is 26.8. The first-order chi connectivity index (χ1) is 9.11. The average molecular weight is 328 g/mol. The highest BCUT2D eigenvalue weighted by molar-refractivity contribution is 9.10. The highest BCUT2D eigenvalue weighted by Crippen LogP contribution is 2.35. The molecule has 0 radical (unpaired) electrons. The number of benzene rings is 1. The van der Waals surface area contributed by atoms with Gasteiger partial charge in [0, 0.05) is 10.5 Å². The van der Waals surface area contributed by atoms with Crippen LogP contribution < -0.4 is 5.32 Å². The molecule has 3 atom stereocenters. The summed E-state index contributed by atoms with van der Waals surface area (Å²) in [5.74, 6) is 1.16. The summed E-state index contributed by atoms with van der Waals surface area (Å²) in [6.07, 6.45) is 4.47. The Labute approximate surface area is 124 Å². The smallest absolute Gasteiger partial charge is 0.127 e. The summed E-state index contributed by atoms with van der Waals surface area (Å²) in [6, 6.07) is 6.04. The van der Waals surface area contributed by atoms with Gasteiger partial charge in [-0.05, 0) is 61.8 Å². The lowest BCUT2D eigenvalue weighted by Crippen LogP contribution is -2.33. The van der Waals surface area contributed by atoms with Gasteiger partial charge < -0.3 is 5.32 Å². The molecule has 0 amide bonds. The topological polar surface area (TPSA) is 12.0 Å². The van der Waals surface area contributed by atoms with Crippen molar-refractivity contribution in [2.75, 3.05) is 6.54 Å². The minimum atomic E-state index is -0.0773. The predicted octanol–water partition coefficient (Wildman–Crippen LogP) is 4.55. The predicted molar refractivity (Wildman–Crippen MR) is 81.8 cm³/mol. The SMILES string of the molecule is CCCNC1CCC(Cc2ccc(Br)cc2F)C1C. The van der Waals surface area contributed by atoms with E-state index >= 15 is 0 Å². The molecule has 3 heteroatoms. The fourth-order valence-corrected chi connectivity index (χ4v) is 3.46. The van der Waals surface area contributed by atoms with Crippen LogP contribution in [-0.4, -0.2) is 12.6 Å². The summed E-state index contributed by atoms with van der Waals surface area (Å²) >= 11 is 3.31. The van der Waals surface area contributed by atoms with E-state index in [4.69, 9.17) is 0 Å². The van der Waals surface area contributed by atoms with Crippen molar-refractivity contribution in [3.8, 4) is 0 Å². The van der Waals surface area contributed by atoms with E-state index in [2.05, 4.69) is 35.1 Å². The van der Waals surface area contributed by atoms with E-state index in [1.807, 2.05) is 12.1 Å². The van der Waals surface area contributed by atoms with Crippen LogP contribution in [0.3, 0.4) is 0 Å². The molecule has 2 rings (SSSR count). The molecule has 1 aliphatic rings. The lowest BCUT2D eigenvalue weighted by molar-refractivity contribution is 0.348. The van der Waals surface area contributed by atoms with Gasteiger partial charge in [-0.1, -0.05) is 35.8 Å². The molecular weight excluding hydrogens is 305 g/mol. The number of hydrogen-bond donors (Lipinski definition) is 1. The highest BCUT2D eigenvalue weighted by Gasteiger charge is 2.32. The quantitative estimate of drug-likeness (QED) is 0.836. The van der Waals surface area contributed by atoms with Gasteiger partial charge in [0.15, 0.2) is 0 Å². The highest BCUT2D eigenvalue weighted by atomic mass is 79.9. The van der Waals surface area contributed by atoms with Gasteiger partial charge in [-0.15, -0.1) is 0 Å². The van der Waals surface area contributed by atoms with E-state index in [-0.39, 0.29) is 5.82 Å². The van der Waals surface area contributed by atoms with Crippen molar-refractivity contribution < 1.29 is 4.39 Å². The zero-order chi connectivity index (χ0) is 13.8. The fourth-order valence-electron chi connectivity index (χ4n) is 3.12. The van der Waals surface area contributed by atoms with Gasteiger partial charge in [0.05, 0.1) is 0 Å². The second-order valence-electron chi connectivity index (χ2n) is 5.70. The van der Waals surface area contributed by atoms with Gasteiger partial charge in [-0.25, -0.2) is 4.39 Å². The van der Waals surface area contributed by atoms with Crippen LogP contribution in [0, 0.1) is 17.7 Å². The zero-order valence-corrected chi connectivity index (χ0v) is 13.3. The molecule has 1 aliphatic carbocycles. The largest absolute Gasteiger partial charge is 0.314 e. The van der Waals surface area contributed by atoms with Crippen LogP contribution in [0.4, 0.5) is 4.39 Å². The summed E-state index contributed by atoms with van der Waals surface area (Å²) in [4.78, 5) is 0. The average Bonchev–Trinajstić information content (AvgIpc) is 2.72. The first-order valence-electron chi connectivity index (χ1n) is 7.29. The molecule has 0 aliphatic heterocycles. The van der Waals surface area contributed by atoms with E-state index in [1.165, 1.54) is 19.3 Å². The summed E-state index contributed by atoms with van der Waals surface area (Å²) in [5.41, 5.74) is 0.858. The van der Waals surface area contributed by atoms with Crippen LogP contribution >= 0.6 is 15.9 Å². The summed E-state index contributed by atoms with van der Waals surface area (Å²) < 4.78 is 14.7. The van der Waals surface area contributed by atoms with Gasteiger partial charge in [0.25, 0.3) is 0 Å². The number of rotatable bonds is 5. The Balaban J connectivity index is 1.96. The molecule has 1 saturated carbocycles. The lowest BCUT2D eigenvalue weighted by atomic mass is 9.89. The molecule has 106 valence electrons. The Hall–Kier alpha value is -0.410. The third kappa shape index (κ3) is 3.79. The van der Waals surface area contributed by atoms with Crippen LogP contribution in [0.2, 0.25) is 0 Å². The summed E-state index contributed by atoms with van der Waals surface area (Å²) in [7, 11) is 0. The molecule has 1 aromatic carbocycles. The van der Waals surface area contributed by atoms with Crippen molar-refractivity contribution >= 4 is 15.9 Å². The Bertz CT molecular complexity index is 421. The molecule has 1 aromatic rings. The lowest BCUT2D eigenvalue weighted by Gasteiger charge is -2.22. The summed E-state index contributed by atoms with van der Waals surface area (Å²) in [5, 5.41) is 3.62. The maximum atomic E-state index is 13.9. The fraction of sp³-hybridized carbons (Fsp3) is 0.625. The van der Waals surface area contributed by atoms with Crippen LogP contribution in [0.5, 0.6) is 0 Å². The van der Waals surface area contributed by atoms with Crippen molar-refractivity contribution in [2.45, 2.75) is 45.6 Å². The molecule has 0 saturated heterocycles. The van der Waals surface area contributed by atoms with E-state index in [0.29, 0.717) is 17.9 Å². The molecule has 19 heavy (non-hydrogen) atoms. The minimum absolute atomic E-state index is 0.0773. The van der Waals surface area contributed by atoms with Crippen LogP contribution in [0.25, 0.3) is 0 Å². The third-order valence-electron chi connectivity index (χ3n) is 4.38. The van der Waals surface area contributed by atoms with Crippen molar-refractivity contribution in [2.24, 2.45) is 11.8 Å². The van der Waals surface area contributed by atoms with Gasteiger partial charge in [-0.3, -0.25) is 0 Å². The molecule has 1 N–H and O–H groups in total. The maximum absolute atomic E-state index is 13.9. The molecule has 0 spiro atoms. The Morgan fingerprint density at radius 1 is 1.37 bits per heavy atom. The standard InChI is InChI=1S/C16H23BrFN/c1-3-8-19-16-7-5-12(11(16)2)9-13-4-6-14(17)10-15(13)18/h4,6,10-12,16,19H,3,5,7-9H2,1-2H3. The van der Waals surface area contributed by atoms with Crippen molar-refractivity contribution in [1.82, 2.24) is 5.32 Å². The van der Waals surface area contributed by atoms with Gasteiger partial charge in [0.2, 0.25) is 0 Å². The van der Waals surface area contributed by atoms with Gasteiger partial charge >= 0.3 is 0 Å². The third-order valence-corrected chi connectivity index (χ3v) is 4.87. The number of halogens is 2. The molecule has 0 bridgehead atoms. The molecule has 1 nitrogen and oxygen atoms in total. The zero-order valence-electron chi connectivity index (χ0n) is 11.8. The number of nitrogens with one attached hydrogen (secondary N) is 1. The maximum Gasteiger partial charge on any atom is 0.127 e. The van der Waals surface area contributed by atoms with Crippen LogP contribution in [0.1, 0.15) is 38.7 Å². The van der Waals surface area contributed by atoms with Crippen molar-refractivity contribution in [3.05, 3.63) is 34.1 Å². The monoisotopic (exact) mass is 327 g/mol. The van der Waals surface area contributed by atoms with E-state index < -0.39 is 0 Å². The second kappa shape index (κ2) is 6.85. The Morgan fingerprint density at radius 3 is 2.84 bits per heavy atom. The Morgan fingerprint density at radius 2 is 2.16 bits per heavy atom. The van der Waals surface area contributed by atoms with Crippen LogP contribution in [-0.2, 0) is 6.42 Å². The van der Waals surface area contributed by atoms with Crippen LogP contribution in [0.15, 0.2) is 22.7 Å². The molecule has 0 aromatic heterocycles. The Kier molecular flexibility index (Phi) is 5.40. The first-order valence-corrected chi connectivity index (χ1v) is 8.08. The molecular formula is C16H23BrFN. The molecule has 1 fully saturated rings. The van der Waals surface area contributed by atoms with Gasteiger partial charge in [0.1, 0.15) is 5.82 Å². The van der Waals surface area contributed by atoms with Crippen molar-refractivity contribution in [3.63, 3.8) is 0 Å². The molecule has 0 heterocycles. The molecule has 3 unspecified atom stereocenters. The van der Waals surface area contributed by atoms with Gasteiger partial charge in [-0.2, -0.15) is 0 Å². The first kappa shape index (κ1) is 15.0.